The molecule has 0 aliphatic heterocycles. The third kappa shape index (κ3) is 2.50. The van der Waals surface area contributed by atoms with Crippen LogP contribution in [0.5, 0.6) is 0 Å². The third-order valence-electron chi connectivity index (χ3n) is 2.65. The highest BCUT2D eigenvalue weighted by Crippen LogP contribution is 2.17. The molecule has 0 saturated carbocycles. The molecule has 96 valence electrons. The summed E-state index contributed by atoms with van der Waals surface area (Å²) in [6.07, 6.45) is 5.56. The molecule has 3 heterocycles. The second kappa shape index (κ2) is 4.99. The fourth-order valence-electron chi connectivity index (χ4n) is 1.71. The van der Waals surface area contributed by atoms with Crippen LogP contribution in [0.15, 0.2) is 41.4 Å². The monoisotopic (exact) mass is 256 g/mol. The summed E-state index contributed by atoms with van der Waals surface area (Å²) >= 11 is 0. The van der Waals surface area contributed by atoms with Gasteiger partial charge in [0, 0.05) is 24.5 Å². The SMILES string of the molecule is N[C@@H](Cc1cnc[nH]1)c1nc(-c2ccccn2)no1. The Morgan fingerprint density at radius 1 is 1.37 bits per heavy atom. The highest BCUT2D eigenvalue weighted by molar-refractivity contribution is 5.47. The molecule has 3 aromatic rings. The Labute approximate surface area is 108 Å². The van der Waals surface area contributed by atoms with Crippen molar-refractivity contribution in [3.8, 4) is 11.5 Å². The summed E-state index contributed by atoms with van der Waals surface area (Å²) in [5.74, 6) is 0.825. The molecule has 1 atom stereocenters. The van der Waals surface area contributed by atoms with E-state index in [0.717, 1.165) is 5.69 Å². The quantitative estimate of drug-likeness (QED) is 0.723. The van der Waals surface area contributed by atoms with Crippen molar-refractivity contribution >= 4 is 0 Å². The Bertz CT molecular complexity index is 633. The van der Waals surface area contributed by atoms with Gasteiger partial charge in [0.05, 0.1) is 12.4 Å². The van der Waals surface area contributed by atoms with Crippen LogP contribution in [0.3, 0.4) is 0 Å². The fourth-order valence-corrected chi connectivity index (χ4v) is 1.71. The van der Waals surface area contributed by atoms with Gasteiger partial charge in [-0.3, -0.25) is 4.98 Å². The molecule has 3 rings (SSSR count). The highest BCUT2D eigenvalue weighted by atomic mass is 16.5. The lowest BCUT2D eigenvalue weighted by molar-refractivity contribution is 0.354. The fraction of sp³-hybridized carbons (Fsp3) is 0.167. The summed E-state index contributed by atoms with van der Waals surface area (Å²) in [6, 6.07) is 5.14. The van der Waals surface area contributed by atoms with Crippen LogP contribution in [0.4, 0.5) is 0 Å². The average Bonchev–Trinajstić information content (AvgIpc) is 3.10. The van der Waals surface area contributed by atoms with E-state index in [4.69, 9.17) is 10.3 Å². The molecular weight excluding hydrogens is 244 g/mol. The van der Waals surface area contributed by atoms with Crippen LogP contribution in [0.2, 0.25) is 0 Å². The van der Waals surface area contributed by atoms with E-state index in [1.807, 2.05) is 18.2 Å². The van der Waals surface area contributed by atoms with Crippen molar-refractivity contribution in [1.29, 1.82) is 0 Å². The van der Waals surface area contributed by atoms with E-state index >= 15 is 0 Å². The number of aromatic nitrogens is 5. The first-order valence-corrected chi connectivity index (χ1v) is 5.81. The molecule has 0 fully saturated rings. The molecule has 19 heavy (non-hydrogen) atoms. The lowest BCUT2D eigenvalue weighted by Crippen LogP contribution is -2.14. The number of pyridine rings is 1. The first-order chi connectivity index (χ1) is 9.33. The van der Waals surface area contributed by atoms with Crippen LogP contribution < -0.4 is 5.73 Å². The van der Waals surface area contributed by atoms with Crippen molar-refractivity contribution in [2.24, 2.45) is 5.73 Å². The number of hydrogen-bond donors (Lipinski definition) is 2. The minimum absolute atomic E-state index is 0.370. The number of H-pyrrole nitrogens is 1. The van der Waals surface area contributed by atoms with Gasteiger partial charge in [-0.2, -0.15) is 4.98 Å². The van der Waals surface area contributed by atoms with Crippen molar-refractivity contribution in [2.75, 3.05) is 0 Å². The normalized spacial score (nSPS) is 12.5. The van der Waals surface area contributed by atoms with Crippen LogP contribution in [0.25, 0.3) is 11.5 Å². The largest absolute Gasteiger partial charge is 0.348 e. The number of hydrogen-bond acceptors (Lipinski definition) is 6. The molecule has 3 aromatic heterocycles. The number of aromatic amines is 1. The zero-order chi connectivity index (χ0) is 13.1. The minimum Gasteiger partial charge on any atom is -0.348 e. The molecule has 0 radical (unpaired) electrons. The Morgan fingerprint density at radius 2 is 2.32 bits per heavy atom. The second-order valence-electron chi connectivity index (χ2n) is 4.06. The van der Waals surface area contributed by atoms with Gasteiger partial charge in [0.25, 0.3) is 0 Å². The smallest absolute Gasteiger partial charge is 0.244 e. The van der Waals surface area contributed by atoms with Crippen molar-refractivity contribution in [1.82, 2.24) is 25.1 Å². The Hall–Kier alpha value is -2.54. The van der Waals surface area contributed by atoms with Gasteiger partial charge in [0.1, 0.15) is 5.69 Å². The molecule has 0 bridgehead atoms. The maximum Gasteiger partial charge on any atom is 0.244 e. The van der Waals surface area contributed by atoms with Crippen LogP contribution in [0.1, 0.15) is 17.6 Å². The standard InChI is InChI=1S/C12H12N6O/c13-9(5-8-6-14-7-16-8)12-17-11(18-19-12)10-3-1-2-4-15-10/h1-4,6-7,9H,5,13H2,(H,14,16)/t9-/m0/s1. The number of nitrogens with zero attached hydrogens (tertiary/aromatic N) is 4. The van der Waals surface area contributed by atoms with E-state index < -0.39 is 0 Å². The molecule has 7 heteroatoms. The molecule has 0 aliphatic carbocycles. The molecule has 0 amide bonds. The van der Waals surface area contributed by atoms with Gasteiger partial charge in [-0.25, -0.2) is 4.98 Å². The number of imidazole rings is 1. The Balaban J connectivity index is 1.78. The van der Waals surface area contributed by atoms with Gasteiger partial charge in [-0.05, 0) is 12.1 Å². The summed E-state index contributed by atoms with van der Waals surface area (Å²) < 4.78 is 5.17. The van der Waals surface area contributed by atoms with E-state index in [1.165, 1.54) is 0 Å². The summed E-state index contributed by atoms with van der Waals surface area (Å²) in [5.41, 5.74) is 7.59. The first-order valence-electron chi connectivity index (χ1n) is 5.81. The zero-order valence-corrected chi connectivity index (χ0v) is 10.0. The predicted octanol–water partition coefficient (Wildman–Crippen LogP) is 1.10. The Morgan fingerprint density at radius 3 is 3.05 bits per heavy atom. The van der Waals surface area contributed by atoms with Gasteiger partial charge >= 0.3 is 0 Å². The number of nitrogens with one attached hydrogen (secondary N) is 1. The minimum atomic E-state index is -0.370. The van der Waals surface area contributed by atoms with Crippen molar-refractivity contribution in [3.05, 3.63) is 48.5 Å². The number of rotatable bonds is 4. The molecule has 0 aromatic carbocycles. The molecule has 7 nitrogen and oxygen atoms in total. The van der Waals surface area contributed by atoms with E-state index in [0.29, 0.717) is 23.8 Å². The van der Waals surface area contributed by atoms with Crippen LogP contribution in [-0.2, 0) is 6.42 Å². The van der Waals surface area contributed by atoms with Gasteiger partial charge < -0.3 is 15.2 Å². The Kier molecular flexibility index (Phi) is 3.03. The summed E-state index contributed by atoms with van der Waals surface area (Å²) in [5, 5.41) is 3.88. The van der Waals surface area contributed by atoms with Crippen LogP contribution in [-0.4, -0.2) is 25.1 Å². The number of nitrogens with two attached hydrogens (primary N) is 1. The molecule has 0 spiro atoms. The molecular formula is C12H12N6O. The molecule has 0 unspecified atom stereocenters. The summed E-state index contributed by atoms with van der Waals surface area (Å²) in [7, 11) is 0. The topological polar surface area (TPSA) is 107 Å². The van der Waals surface area contributed by atoms with E-state index in [9.17, 15) is 0 Å². The van der Waals surface area contributed by atoms with E-state index in [1.54, 1.807) is 18.7 Å². The molecule has 0 saturated heterocycles. The zero-order valence-electron chi connectivity index (χ0n) is 10.0. The van der Waals surface area contributed by atoms with Crippen LogP contribution >= 0.6 is 0 Å². The highest BCUT2D eigenvalue weighted by Gasteiger charge is 2.17. The first kappa shape index (κ1) is 11.5. The van der Waals surface area contributed by atoms with Gasteiger partial charge in [-0.15, -0.1) is 0 Å². The van der Waals surface area contributed by atoms with Gasteiger partial charge in [0.2, 0.25) is 11.7 Å². The maximum absolute atomic E-state index is 6.01. The average molecular weight is 256 g/mol. The van der Waals surface area contributed by atoms with Crippen molar-refractivity contribution in [2.45, 2.75) is 12.5 Å². The lowest BCUT2D eigenvalue weighted by atomic mass is 10.2. The van der Waals surface area contributed by atoms with Gasteiger partial charge in [-0.1, -0.05) is 11.2 Å². The van der Waals surface area contributed by atoms with E-state index in [2.05, 4.69) is 25.1 Å². The lowest BCUT2D eigenvalue weighted by Gasteiger charge is -2.03. The maximum atomic E-state index is 6.01. The molecule has 3 N–H and O–H groups in total. The summed E-state index contributed by atoms with van der Waals surface area (Å²) in [6.45, 7) is 0. The third-order valence-corrected chi connectivity index (χ3v) is 2.65. The molecule has 0 aliphatic rings. The summed E-state index contributed by atoms with van der Waals surface area (Å²) in [4.78, 5) is 15.3. The van der Waals surface area contributed by atoms with Gasteiger partial charge in [0.15, 0.2) is 0 Å². The van der Waals surface area contributed by atoms with Crippen molar-refractivity contribution < 1.29 is 4.52 Å². The van der Waals surface area contributed by atoms with E-state index in [-0.39, 0.29) is 6.04 Å². The van der Waals surface area contributed by atoms with Crippen molar-refractivity contribution in [3.63, 3.8) is 0 Å². The predicted molar refractivity (Wildman–Crippen MR) is 66.7 cm³/mol. The van der Waals surface area contributed by atoms with Crippen LogP contribution in [0, 0.1) is 0 Å². The second-order valence-corrected chi connectivity index (χ2v) is 4.06.